The Morgan fingerprint density at radius 2 is 1.64 bits per heavy atom. The summed E-state index contributed by atoms with van der Waals surface area (Å²) in [6.07, 6.45) is 0.190. The topological polar surface area (TPSA) is 105 Å². The number of hydrogen-bond donors (Lipinski definition) is 3. The monoisotopic (exact) mass is 342 g/mol. The minimum absolute atomic E-state index is 0.190. The zero-order valence-electron chi connectivity index (χ0n) is 13.4. The van der Waals surface area contributed by atoms with Gasteiger partial charge in [-0.3, -0.25) is 14.4 Å². The first kappa shape index (κ1) is 18.0. The van der Waals surface area contributed by atoms with Crippen molar-refractivity contribution in [1.82, 2.24) is 5.32 Å². The summed E-state index contributed by atoms with van der Waals surface area (Å²) in [5, 5.41) is 13.5. The number of hydrogen-bond acceptors (Lipinski definition) is 4. The van der Waals surface area contributed by atoms with Gasteiger partial charge < -0.3 is 20.5 Å². The second kappa shape index (κ2) is 9.07. The summed E-state index contributed by atoms with van der Waals surface area (Å²) in [6.45, 7) is -0.190. The molecule has 0 radical (unpaired) electrons. The van der Waals surface area contributed by atoms with Crippen LogP contribution < -0.4 is 15.4 Å². The standard InChI is InChI=1S/C18H18N2O5/c21-16(10-11-25-15-4-2-1-3-5-15)20-14-8-6-13(7-9-14)18(24)19-12-17(22)23/h1-9H,10-12H2,(H,19,24)(H,20,21)(H,22,23). The van der Waals surface area contributed by atoms with Crippen molar-refractivity contribution in [3.8, 4) is 5.75 Å². The predicted molar refractivity (Wildman–Crippen MR) is 91.6 cm³/mol. The highest BCUT2D eigenvalue weighted by Gasteiger charge is 2.08. The maximum absolute atomic E-state index is 11.9. The van der Waals surface area contributed by atoms with Crippen LogP contribution in [0.2, 0.25) is 0 Å². The van der Waals surface area contributed by atoms with E-state index in [0.717, 1.165) is 0 Å². The average Bonchev–Trinajstić information content (AvgIpc) is 2.61. The van der Waals surface area contributed by atoms with Gasteiger partial charge in [-0.2, -0.15) is 0 Å². The number of aliphatic carboxylic acids is 1. The van der Waals surface area contributed by atoms with Gasteiger partial charge in [0.15, 0.2) is 0 Å². The average molecular weight is 342 g/mol. The minimum atomic E-state index is -1.12. The van der Waals surface area contributed by atoms with E-state index in [1.54, 1.807) is 12.1 Å². The first-order valence-corrected chi connectivity index (χ1v) is 7.62. The zero-order chi connectivity index (χ0) is 18.1. The summed E-state index contributed by atoms with van der Waals surface area (Å²) in [5.74, 6) is -1.11. The van der Waals surface area contributed by atoms with E-state index < -0.39 is 18.4 Å². The van der Waals surface area contributed by atoms with E-state index in [0.29, 0.717) is 17.0 Å². The molecule has 2 rings (SSSR count). The van der Waals surface area contributed by atoms with Crippen LogP contribution in [0.1, 0.15) is 16.8 Å². The maximum atomic E-state index is 11.9. The van der Waals surface area contributed by atoms with Crippen LogP contribution in [0.15, 0.2) is 54.6 Å². The smallest absolute Gasteiger partial charge is 0.322 e. The Labute approximate surface area is 144 Å². The predicted octanol–water partition coefficient (Wildman–Crippen LogP) is 1.91. The number of para-hydroxylation sites is 1. The Morgan fingerprint density at radius 3 is 2.28 bits per heavy atom. The van der Waals surface area contributed by atoms with Gasteiger partial charge in [0.1, 0.15) is 12.3 Å². The lowest BCUT2D eigenvalue weighted by atomic mass is 10.2. The number of benzene rings is 2. The molecule has 0 atom stereocenters. The molecule has 0 unspecified atom stereocenters. The maximum Gasteiger partial charge on any atom is 0.322 e. The van der Waals surface area contributed by atoms with Gasteiger partial charge in [-0.05, 0) is 36.4 Å². The minimum Gasteiger partial charge on any atom is -0.493 e. The fraction of sp³-hybridized carbons (Fsp3) is 0.167. The van der Waals surface area contributed by atoms with E-state index in [1.165, 1.54) is 12.1 Å². The molecule has 0 aliphatic heterocycles. The van der Waals surface area contributed by atoms with Crippen molar-refractivity contribution in [2.75, 3.05) is 18.5 Å². The van der Waals surface area contributed by atoms with Crippen LogP contribution in [-0.4, -0.2) is 36.0 Å². The summed E-state index contributed by atoms with van der Waals surface area (Å²) in [4.78, 5) is 34.0. The van der Waals surface area contributed by atoms with Gasteiger partial charge in [-0.1, -0.05) is 18.2 Å². The second-order valence-electron chi connectivity index (χ2n) is 5.11. The molecule has 2 aromatic carbocycles. The number of anilines is 1. The molecule has 2 amide bonds. The summed E-state index contributed by atoms with van der Waals surface area (Å²) in [5.41, 5.74) is 0.853. The Hall–Kier alpha value is -3.35. The number of carboxylic acid groups (broad SMARTS) is 1. The van der Waals surface area contributed by atoms with Crippen LogP contribution in [0.4, 0.5) is 5.69 Å². The lowest BCUT2D eigenvalue weighted by Gasteiger charge is -2.08. The molecule has 7 heteroatoms. The quantitative estimate of drug-likeness (QED) is 0.680. The number of carboxylic acids is 1. The molecular weight excluding hydrogens is 324 g/mol. The van der Waals surface area contributed by atoms with Gasteiger partial charge in [0.25, 0.3) is 5.91 Å². The molecular formula is C18H18N2O5. The van der Waals surface area contributed by atoms with Gasteiger partial charge in [-0.25, -0.2) is 0 Å². The largest absolute Gasteiger partial charge is 0.493 e. The normalized spacial score (nSPS) is 9.92. The van der Waals surface area contributed by atoms with Crippen molar-refractivity contribution in [1.29, 1.82) is 0 Å². The van der Waals surface area contributed by atoms with Crippen LogP contribution in [0.25, 0.3) is 0 Å². The molecule has 0 aromatic heterocycles. The van der Waals surface area contributed by atoms with Crippen LogP contribution >= 0.6 is 0 Å². The molecule has 0 saturated heterocycles. The second-order valence-corrected chi connectivity index (χ2v) is 5.11. The molecule has 130 valence electrons. The van der Waals surface area contributed by atoms with Crippen molar-refractivity contribution in [3.05, 3.63) is 60.2 Å². The zero-order valence-corrected chi connectivity index (χ0v) is 13.4. The third-order valence-electron chi connectivity index (χ3n) is 3.17. The lowest BCUT2D eigenvalue weighted by Crippen LogP contribution is -2.29. The van der Waals surface area contributed by atoms with Gasteiger partial charge in [0.2, 0.25) is 5.91 Å². The molecule has 2 aromatic rings. The Kier molecular flexibility index (Phi) is 6.53. The molecule has 0 spiro atoms. The Morgan fingerprint density at radius 1 is 0.960 bits per heavy atom. The lowest BCUT2D eigenvalue weighted by molar-refractivity contribution is -0.135. The van der Waals surface area contributed by atoms with E-state index >= 15 is 0 Å². The van der Waals surface area contributed by atoms with E-state index in [-0.39, 0.29) is 18.9 Å². The van der Waals surface area contributed by atoms with Crippen molar-refractivity contribution >= 4 is 23.5 Å². The third-order valence-corrected chi connectivity index (χ3v) is 3.17. The fourth-order valence-corrected chi connectivity index (χ4v) is 1.96. The van der Waals surface area contributed by atoms with Crippen LogP contribution in [0.5, 0.6) is 5.75 Å². The number of carbonyl (C=O) groups excluding carboxylic acids is 2. The van der Waals surface area contributed by atoms with Gasteiger partial charge in [0, 0.05) is 11.3 Å². The fourth-order valence-electron chi connectivity index (χ4n) is 1.96. The van der Waals surface area contributed by atoms with E-state index in [2.05, 4.69) is 10.6 Å². The van der Waals surface area contributed by atoms with Crippen molar-refractivity contribution < 1.29 is 24.2 Å². The van der Waals surface area contributed by atoms with Crippen molar-refractivity contribution in [2.45, 2.75) is 6.42 Å². The number of ether oxygens (including phenoxy) is 1. The van der Waals surface area contributed by atoms with E-state index in [9.17, 15) is 14.4 Å². The first-order chi connectivity index (χ1) is 12.0. The number of amides is 2. The molecule has 0 saturated carbocycles. The molecule has 25 heavy (non-hydrogen) atoms. The van der Waals surface area contributed by atoms with Gasteiger partial charge in [0.05, 0.1) is 13.0 Å². The first-order valence-electron chi connectivity index (χ1n) is 7.62. The van der Waals surface area contributed by atoms with Gasteiger partial charge in [-0.15, -0.1) is 0 Å². The summed E-state index contributed by atoms with van der Waals surface area (Å²) >= 11 is 0. The molecule has 0 fully saturated rings. The SMILES string of the molecule is O=C(O)CNC(=O)c1ccc(NC(=O)CCOc2ccccc2)cc1. The summed E-state index contributed by atoms with van der Waals surface area (Å²) in [7, 11) is 0. The molecule has 3 N–H and O–H groups in total. The van der Waals surface area contributed by atoms with E-state index in [4.69, 9.17) is 9.84 Å². The summed E-state index contributed by atoms with van der Waals surface area (Å²) in [6, 6.07) is 15.4. The van der Waals surface area contributed by atoms with Crippen LogP contribution in [-0.2, 0) is 9.59 Å². The highest BCUT2D eigenvalue weighted by Crippen LogP contribution is 2.11. The summed E-state index contributed by atoms with van der Waals surface area (Å²) < 4.78 is 5.45. The molecule has 0 heterocycles. The molecule has 0 bridgehead atoms. The number of carbonyl (C=O) groups is 3. The molecule has 7 nitrogen and oxygen atoms in total. The highest BCUT2D eigenvalue weighted by atomic mass is 16.5. The van der Waals surface area contributed by atoms with Crippen LogP contribution in [0.3, 0.4) is 0 Å². The van der Waals surface area contributed by atoms with Crippen molar-refractivity contribution in [3.63, 3.8) is 0 Å². The third kappa shape index (κ3) is 6.34. The molecule has 0 aliphatic carbocycles. The Bertz CT molecular complexity index is 729. The van der Waals surface area contributed by atoms with Gasteiger partial charge >= 0.3 is 5.97 Å². The molecule has 0 aliphatic rings. The van der Waals surface area contributed by atoms with E-state index in [1.807, 2.05) is 30.3 Å². The van der Waals surface area contributed by atoms with Crippen LogP contribution in [0, 0.1) is 0 Å². The van der Waals surface area contributed by atoms with Crippen molar-refractivity contribution in [2.24, 2.45) is 0 Å². The highest BCUT2D eigenvalue weighted by molar-refractivity contribution is 5.97. The number of nitrogens with one attached hydrogen (secondary N) is 2. The number of rotatable bonds is 8. The Balaban J connectivity index is 1.77.